The van der Waals surface area contributed by atoms with Crippen molar-refractivity contribution in [3.05, 3.63) is 53.1 Å². The molecule has 0 atom stereocenters. The number of aryl methyl sites for hydroxylation is 1. The van der Waals surface area contributed by atoms with E-state index < -0.39 is 10.0 Å². The number of rotatable bonds is 8. The van der Waals surface area contributed by atoms with Gasteiger partial charge in [-0.05, 0) is 67.6 Å². The molecule has 5 nitrogen and oxygen atoms in total. The molecule has 0 aliphatic heterocycles. The lowest BCUT2D eigenvalue weighted by molar-refractivity contribution is 0.410. The summed E-state index contributed by atoms with van der Waals surface area (Å²) in [7, 11) is -0.321. The standard InChI is InChI=1S/C19H25NO4S/c1-14-15(2)19(12-11-18(14)24-4)25(21,22)20-13-5-6-16-7-9-17(23-3)10-8-16/h7-12,20H,5-6,13H2,1-4H3. The highest BCUT2D eigenvalue weighted by molar-refractivity contribution is 7.89. The maximum atomic E-state index is 12.5. The fraction of sp³-hybridized carbons (Fsp3) is 0.368. The molecule has 6 heteroatoms. The lowest BCUT2D eigenvalue weighted by Gasteiger charge is -2.13. The summed E-state index contributed by atoms with van der Waals surface area (Å²) in [5.74, 6) is 1.51. The third-order valence-electron chi connectivity index (χ3n) is 4.29. The third-order valence-corrected chi connectivity index (χ3v) is 5.90. The number of sulfonamides is 1. The molecule has 0 radical (unpaired) electrons. The zero-order chi connectivity index (χ0) is 18.4. The van der Waals surface area contributed by atoms with Crippen molar-refractivity contribution in [3.8, 4) is 11.5 Å². The molecule has 1 N–H and O–H groups in total. The normalized spacial score (nSPS) is 11.4. The van der Waals surface area contributed by atoms with Crippen LogP contribution < -0.4 is 14.2 Å². The Morgan fingerprint density at radius 3 is 2.20 bits per heavy atom. The quantitative estimate of drug-likeness (QED) is 0.732. The summed E-state index contributed by atoms with van der Waals surface area (Å²) in [5, 5.41) is 0. The molecule has 0 unspecified atom stereocenters. The maximum Gasteiger partial charge on any atom is 0.240 e. The smallest absolute Gasteiger partial charge is 0.240 e. The zero-order valence-electron chi connectivity index (χ0n) is 15.1. The highest BCUT2D eigenvalue weighted by Gasteiger charge is 2.18. The van der Waals surface area contributed by atoms with Gasteiger partial charge in [-0.15, -0.1) is 0 Å². The largest absolute Gasteiger partial charge is 0.497 e. The molecule has 0 amide bonds. The number of hydrogen-bond acceptors (Lipinski definition) is 4. The molecular weight excluding hydrogens is 338 g/mol. The molecule has 2 rings (SSSR count). The van der Waals surface area contributed by atoms with Gasteiger partial charge in [0, 0.05) is 6.54 Å². The van der Waals surface area contributed by atoms with E-state index in [1.54, 1.807) is 33.3 Å². The molecule has 0 aliphatic rings. The van der Waals surface area contributed by atoms with E-state index in [0.717, 1.165) is 29.7 Å². The van der Waals surface area contributed by atoms with Gasteiger partial charge in [0.1, 0.15) is 11.5 Å². The Morgan fingerprint density at radius 2 is 1.60 bits per heavy atom. The number of nitrogens with one attached hydrogen (secondary N) is 1. The van der Waals surface area contributed by atoms with Gasteiger partial charge in [0.2, 0.25) is 10.0 Å². The second kappa shape index (κ2) is 8.36. The van der Waals surface area contributed by atoms with Gasteiger partial charge in [0.25, 0.3) is 0 Å². The molecule has 0 aliphatic carbocycles. The van der Waals surface area contributed by atoms with Crippen molar-refractivity contribution in [3.63, 3.8) is 0 Å². The maximum absolute atomic E-state index is 12.5. The molecule has 2 aromatic rings. The van der Waals surface area contributed by atoms with Crippen molar-refractivity contribution in [2.45, 2.75) is 31.6 Å². The minimum absolute atomic E-state index is 0.301. The van der Waals surface area contributed by atoms with E-state index in [0.29, 0.717) is 22.8 Å². The van der Waals surface area contributed by atoms with Crippen LogP contribution in [0.15, 0.2) is 41.3 Å². The Bertz CT molecular complexity index is 814. The van der Waals surface area contributed by atoms with Crippen molar-refractivity contribution in [2.75, 3.05) is 20.8 Å². The van der Waals surface area contributed by atoms with Crippen LogP contribution in [0.1, 0.15) is 23.1 Å². The van der Waals surface area contributed by atoms with Gasteiger partial charge >= 0.3 is 0 Å². The molecule has 25 heavy (non-hydrogen) atoms. The lowest BCUT2D eigenvalue weighted by Crippen LogP contribution is -2.26. The van der Waals surface area contributed by atoms with Crippen molar-refractivity contribution in [1.82, 2.24) is 4.72 Å². The van der Waals surface area contributed by atoms with Crippen LogP contribution in [-0.4, -0.2) is 29.2 Å². The van der Waals surface area contributed by atoms with Gasteiger partial charge in [-0.2, -0.15) is 0 Å². The van der Waals surface area contributed by atoms with Crippen molar-refractivity contribution >= 4 is 10.0 Å². The first-order chi connectivity index (χ1) is 11.9. The molecule has 0 saturated carbocycles. The van der Waals surface area contributed by atoms with Gasteiger partial charge in [-0.1, -0.05) is 12.1 Å². The molecule has 0 heterocycles. The van der Waals surface area contributed by atoms with Gasteiger partial charge in [-0.25, -0.2) is 13.1 Å². The fourth-order valence-corrected chi connectivity index (χ4v) is 4.02. The highest BCUT2D eigenvalue weighted by atomic mass is 32.2. The summed E-state index contributed by atoms with van der Waals surface area (Å²) in [6, 6.07) is 11.1. The molecule has 2 aromatic carbocycles. The Kier molecular flexibility index (Phi) is 6.45. The average Bonchev–Trinajstić information content (AvgIpc) is 2.61. The van der Waals surface area contributed by atoms with Crippen LogP contribution in [0, 0.1) is 13.8 Å². The van der Waals surface area contributed by atoms with Crippen molar-refractivity contribution < 1.29 is 17.9 Å². The second-order valence-corrected chi connectivity index (χ2v) is 7.60. The van der Waals surface area contributed by atoms with Crippen LogP contribution in [0.3, 0.4) is 0 Å². The van der Waals surface area contributed by atoms with Gasteiger partial charge in [0.05, 0.1) is 19.1 Å². The summed E-state index contributed by atoms with van der Waals surface area (Å²) >= 11 is 0. The van der Waals surface area contributed by atoms with E-state index in [1.807, 2.05) is 31.2 Å². The Labute approximate surface area is 150 Å². The molecule has 0 saturated heterocycles. The summed E-state index contributed by atoms with van der Waals surface area (Å²) < 4.78 is 38.1. The SMILES string of the molecule is COc1ccc(CCCNS(=O)(=O)c2ccc(OC)c(C)c2C)cc1. The van der Waals surface area contributed by atoms with Gasteiger partial charge < -0.3 is 9.47 Å². The molecule has 0 spiro atoms. The predicted octanol–water partition coefficient (Wildman–Crippen LogP) is 3.23. The monoisotopic (exact) mass is 363 g/mol. The van der Waals surface area contributed by atoms with Crippen LogP contribution in [0.4, 0.5) is 0 Å². The van der Waals surface area contributed by atoms with Gasteiger partial charge in [0.15, 0.2) is 0 Å². The van der Waals surface area contributed by atoms with Crippen LogP contribution in [0.2, 0.25) is 0 Å². The second-order valence-electron chi connectivity index (χ2n) is 5.87. The average molecular weight is 363 g/mol. The molecular formula is C19H25NO4S. The van der Waals surface area contributed by atoms with Crippen LogP contribution >= 0.6 is 0 Å². The number of methoxy groups -OCH3 is 2. The summed E-state index contributed by atoms with van der Waals surface area (Å²) in [6.07, 6.45) is 1.52. The van der Waals surface area contributed by atoms with E-state index >= 15 is 0 Å². The van der Waals surface area contributed by atoms with E-state index in [4.69, 9.17) is 9.47 Å². The van der Waals surface area contributed by atoms with E-state index in [1.165, 1.54) is 0 Å². The van der Waals surface area contributed by atoms with E-state index in [9.17, 15) is 8.42 Å². The minimum atomic E-state index is -3.53. The first-order valence-corrected chi connectivity index (χ1v) is 9.64. The van der Waals surface area contributed by atoms with Gasteiger partial charge in [-0.3, -0.25) is 0 Å². The number of benzene rings is 2. The topological polar surface area (TPSA) is 64.6 Å². The van der Waals surface area contributed by atoms with Crippen LogP contribution in [0.5, 0.6) is 11.5 Å². The molecule has 0 aromatic heterocycles. The predicted molar refractivity (Wildman–Crippen MR) is 99.0 cm³/mol. The summed E-state index contributed by atoms with van der Waals surface area (Å²) in [4.78, 5) is 0.301. The lowest BCUT2D eigenvalue weighted by atomic mass is 10.1. The van der Waals surface area contributed by atoms with Crippen molar-refractivity contribution in [1.29, 1.82) is 0 Å². The first-order valence-electron chi connectivity index (χ1n) is 8.16. The highest BCUT2D eigenvalue weighted by Crippen LogP contribution is 2.26. The molecule has 0 bridgehead atoms. The summed E-state index contributed by atoms with van der Waals surface area (Å²) in [5.41, 5.74) is 2.70. The Hall–Kier alpha value is -2.05. The summed E-state index contributed by atoms with van der Waals surface area (Å²) in [6.45, 7) is 4.04. The van der Waals surface area contributed by atoms with Crippen LogP contribution in [0.25, 0.3) is 0 Å². The van der Waals surface area contributed by atoms with Crippen molar-refractivity contribution in [2.24, 2.45) is 0 Å². The fourth-order valence-electron chi connectivity index (χ4n) is 2.65. The van der Waals surface area contributed by atoms with Crippen LogP contribution in [-0.2, 0) is 16.4 Å². The van der Waals surface area contributed by atoms with E-state index in [-0.39, 0.29) is 0 Å². The Balaban J connectivity index is 1.96. The molecule has 0 fully saturated rings. The molecule has 136 valence electrons. The third kappa shape index (κ3) is 4.74. The minimum Gasteiger partial charge on any atom is -0.497 e. The van der Waals surface area contributed by atoms with E-state index in [2.05, 4.69) is 4.72 Å². The Morgan fingerprint density at radius 1 is 0.920 bits per heavy atom. The number of ether oxygens (including phenoxy) is 2. The zero-order valence-corrected chi connectivity index (χ0v) is 15.9. The number of hydrogen-bond donors (Lipinski definition) is 1. The first kappa shape index (κ1) is 19.3.